The molecule has 10 heteroatoms. The minimum absolute atomic E-state index is 0.0244. The quantitative estimate of drug-likeness (QED) is 0.327. The maximum Gasteiger partial charge on any atom is 0.266 e. The highest BCUT2D eigenvalue weighted by atomic mass is 32.2. The lowest BCUT2D eigenvalue weighted by Gasteiger charge is -2.26. The maximum atomic E-state index is 13.2. The van der Waals surface area contributed by atoms with E-state index in [1.165, 1.54) is 31.3 Å². The van der Waals surface area contributed by atoms with Crippen LogP contribution in [0.3, 0.4) is 0 Å². The molecule has 3 rings (SSSR count). The highest BCUT2D eigenvalue weighted by Crippen LogP contribution is 2.29. The molecule has 1 saturated heterocycles. The van der Waals surface area contributed by atoms with Gasteiger partial charge in [0.2, 0.25) is 10.0 Å². The number of nitrogens with one attached hydrogen (secondary N) is 1. The summed E-state index contributed by atoms with van der Waals surface area (Å²) in [5.41, 5.74) is 1.94. The zero-order valence-corrected chi connectivity index (χ0v) is 19.3. The Kier molecular flexibility index (Phi) is 8.30. The van der Waals surface area contributed by atoms with Gasteiger partial charge in [-0.25, -0.2) is 13.9 Å². The minimum Gasteiger partial charge on any atom is -0.481 e. The number of hydrogen-bond acceptors (Lipinski definition) is 7. The second kappa shape index (κ2) is 11.2. The van der Waals surface area contributed by atoms with Gasteiger partial charge < -0.3 is 9.57 Å². The predicted molar refractivity (Wildman–Crippen MR) is 121 cm³/mol. The van der Waals surface area contributed by atoms with E-state index in [4.69, 9.17) is 9.57 Å². The number of hydroxylamine groups is 3. The highest BCUT2D eigenvalue weighted by molar-refractivity contribution is 7.89. The van der Waals surface area contributed by atoms with Crippen molar-refractivity contribution in [1.29, 1.82) is 0 Å². The van der Waals surface area contributed by atoms with Crippen LogP contribution in [0.4, 0.5) is 0 Å². The molecule has 0 aliphatic carbocycles. The molecule has 1 aliphatic rings. The van der Waals surface area contributed by atoms with E-state index in [-0.39, 0.29) is 11.5 Å². The van der Waals surface area contributed by atoms with Crippen molar-refractivity contribution in [2.75, 3.05) is 26.7 Å². The lowest BCUT2D eigenvalue weighted by molar-refractivity contribution is -0.133. The summed E-state index contributed by atoms with van der Waals surface area (Å²) in [5.74, 6) is 5.63. The number of nitrogens with zero attached hydrogens (tertiary/aromatic N) is 2. The first-order chi connectivity index (χ1) is 15.9. The fraction of sp³-hybridized carbons (Fsp3) is 0.348. The van der Waals surface area contributed by atoms with Crippen molar-refractivity contribution in [3.8, 4) is 23.3 Å². The average Bonchev–Trinajstić information content (AvgIpc) is 3.33. The van der Waals surface area contributed by atoms with Gasteiger partial charge in [-0.1, -0.05) is 18.1 Å². The third-order valence-corrected chi connectivity index (χ3v) is 7.04. The third kappa shape index (κ3) is 6.03. The summed E-state index contributed by atoms with van der Waals surface area (Å²) in [7, 11) is -2.79. The SMILES string of the molecule is CC#CCOc1ccc(S(=O)(=O)N(C)[C@@H](C(=O)NO)c2ccc(ON3CCCC3)cc2)cc1. The molecule has 1 heterocycles. The Morgan fingerprint density at radius 3 is 2.30 bits per heavy atom. The topological polar surface area (TPSA) is 108 Å². The van der Waals surface area contributed by atoms with E-state index in [1.807, 2.05) is 5.06 Å². The number of likely N-dealkylation sites (N-methyl/N-ethyl adjacent to an activating group) is 1. The molecule has 2 N–H and O–H groups in total. The van der Waals surface area contributed by atoms with Gasteiger partial charge in [0.25, 0.3) is 5.91 Å². The standard InChI is InChI=1S/C23H27N3O6S/c1-3-4-17-31-19-11-13-21(14-12-19)33(29,30)25(2)22(23(27)24-28)18-7-9-20(10-8-18)32-26-15-5-6-16-26/h7-14,22,28H,5-6,15-17H2,1-2H3,(H,24,27)/t22-/m1/s1. The molecule has 0 aromatic heterocycles. The molecule has 2 aromatic rings. The molecule has 9 nitrogen and oxygen atoms in total. The van der Waals surface area contributed by atoms with Gasteiger partial charge in [0.15, 0.2) is 0 Å². The van der Waals surface area contributed by atoms with Crippen LogP contribution in [0.25, 0.3) is 0 Å². The smallest absolute Gasteiger partial charge is 0.266 e. The number of ether oxygens (including phenoxy) is 1. The van der Waals surface area contributed by atoms with Crippen LogP contribution in [0.15, 0.2) is 53.4 Å². The number of sulfonamides is 1. The van der Waals surface area contributed by atoms with Crippen molar-refractivity contribution in [3.05, 3.63) is 54.1 Å². The molecule has 0 bridgehead atoms. The van der Waals surface area contributed by atoms with E-state index in [0.717, 1.165) is 30.2 Å². The van der Waals surface area contributed by atoms with Gasteiger partial charge in [-0.3, -0.25) is 10.0 Å². The van der Waals surface area contributed by atoms with Gasteiger partial charge >= 0.3 is 0 Å². The van der Waals surface area contributed by atoms with E-state index < -0.39 is 22.0 Å². The summed E-state index contributed by atoms with van der Waals surface area (Å²) in [6, 6.07) is 11.0. The van der Waals surface area contributed by atoms with E-state index in [1.54, 1.807) is 36.7 Å². The minimum atomic E-state index is -4.07. The van der Waals surface area contributed by atoms with Crippen LogP contribution < -0.4 is 15.1 Å². The summed E-state index contributed by atoms with van der Waals surface area (Å²) < 4.78 is 32.7. The van der Waals surface area contributed by atoms with Crippen LogP contribution in [-0.4, -0.2) is 55.6 Å². The first-order valence-corrected chi connectivity index (χ1v) is 11.9. The van der Waals surface area contributed by atoms with Crippen molar-refractivity contribution < 1.29 is 28.0 Å². The summed E-state index contributed by atoms with van der Waals surface area (Å²) in [4.78, 5) is 18.2. The number of rotatable bonds is 9. The average molecular weight is 474 g/mol. The predicted octanol–water partition coefficient (Wildman–Crippen LogP) is 2.35. The van der Waals surface area contributed by atoms with Gasteiger partial charge in [0.1, 0.15) is 24.1 Å². The van der Waals surface area contributed by atoms with Crippen LogP contribution in [-0.2, 0) is 14.8 Å². The Balaban J connectivity index is 1.80. The van der Waals surface area contributed by atoms with Crippen molar-refractivity contribution >= 4 is 15.9 Å². The third-order valence-electron chi connectivity index (χ3n) is 5.21. The van der Waals surface area contributed by atoms with Gasteiger partial charge in [0, 0.05) is 20.1 Å². The Morgan fingerprint density at radius 1 is 1.12 bits per heavy atom. The van der Waals surface area contributed by atoms with Gasteiger partial charge in [-0.2, -0.15) is 4.31 Å². The number of amides is 1. The summed E-state index contributed by atoms with van der Waals surface area (Å²) in [6.45, 7) is 3.57. The largest absolute Gasteiger partial charge is 0.481 e. The van der Waals surface area contributed by atoms with E-state index in [2.05, 4.69) is 11.8 Å². The van der Waals surface area contributed by atoms with Crippen LogP contribution in [0, 0.1) is 11.8 Å². The fourth-order valence-electron chi connectivity index (χ4n) is 3.43. The van der Waals surface area contributed by atoms with Gasteiger partial charge in [-0.15, -0.1) is 11.0 Å². The fourth-order valence-corrected chi connectivity index (χ4v) is 4.74. The Labute approximate surface area is 193 Å². The lowest BCUT2D eigenvalue weighted by atomic mass is 10.1. The van der Waals surface area contributed by atoms with E-state index >= 15 is 0 Å². The molecular formula is C23H27N3O6S. The normalized spacial score (nSPS) is 14.9. The maximum absolute atomic E-state index is 13.2. The number of carbonyl (C=O) groups excluding carboxylic acids is 1. The van der Waals surface area contributed by atoms with E-state index in [9.17, 15) is 18.4 Å². The van der Waals surface area contributed by atoms with Gasteiger partial charge in [-0.05, 0) is 61.7 Å². The van der Waals surface area contributed by atoms with Gasteiger partial charge in [0.05, 0.1) is 4.90 Å². The molecule has 0 radical (unpaired) electrons. The Morgan fingerprint density at radius 2 is 1.73 bits per heavy atom. The molecule has 1 fully saturated rings. The first kappa shape index (κ1) is 24.5. The van der Waals surface area contributed by atoms with Crippen LogP contribution in [0.5, 0.6) is 11.5 Å². The molecule has 0 saturated carbocycles. The van der Waals surface area contributed by atoms with Crippen molar-refractivity contribution in [2.45, 2.75) is 30.7 Å². The molecule has 0 unspecified atom stereocenters. The Bertz CT molecular complexity index is 1100. The Hall–Kier alpha value is -3.10. The molecule has 1 atom stereocenters. The first-order valence-electron chi connectivity index (χ1n) is 10.4. The molecule has 1 amide bonds. The van der Waals surface area contributed by atoms with Crippen LogP contribution in [0.1, 0.15) is 31.4 Å². The number of hydrogen-bond donors (Lipinski definition) is 2. The second-order valence-electron chi connectivity index (χ2n) is 7.38. The second-order valence-corrected chi connectivity index (χ2v) is 9.38. The lowest BCUT2D eigenvalue weighted by Crippen LogP contribution is -2.40. The molecule has 33 heavy (non-hydrogen) atoms. The molecular weight excluding hydrogens is 446 g/mol. The van der Waals surface area contributed by atoms with Crippen LogP contribution >= 0.6 is 0 Å². The summed E-state index contributed by atoms with van der Waals surface area (Å²) in [5, 5.41) is 11.1. The van der Waals surface area contributed by atoms with Crippen LogP contribution in [0.2, 0.25) is 0 Å². The molecule has 176 valence electrons. The number of benzene rings is 2. The number of carbonyl (C=O) groups is 1. The molecule has 2 aromatic carbocycles. The molecule has 0 spiro atoms. The van der Waals surface area contributed by atoms with Crippen molar-refractivity contribution in [1.82, 2.24) is 14.8 Å². The van der Waals surface area contributed by atoms with E-state index in [0.29, 0.717) is 17.1 Å². The zero-order valence-electron chi connectivity index (χ0n) is 18.5. The summed E-state index contributed by atoms with van der Waals surface area (Å²) in [6.07, 6.45) is 2.14. The molecule has 1 aliphatic heterocycles. The van der Waals surface area contributed by atoms with Crippen molar-refractivity contribution in [2.24, 2.45) is 0 Å². The monoisotopic (exact) mass is 473 g/mol. The summed E-state index contributed by atoms with van der Waals surface area (Å²) >= 11 is 0. The van der Waals surface area contributed by atoms with Crippen molar-refractivity contribution in [3.63, 3.8) is 0 Å². The highest BCUT2D eigenvalue weighted by Gasteiger charge is 2.34. The zero-order chi connectivity index (χ0) is 23.8.